The highest BCUT2D eigenvalue weighted by Gasteiger charge is 2.07. The lowest BCUT2D eigenvalue weighted by Crippen LogP contribution is -1.92. The summed E-state index contributed by atoms with van der Waals surface area (Å²) in [6.07, 6.45) is 0. The van der Waals surface area contributed by atoms with E-state index in [4.69, 9.17) is 5.73 Å². The van der Waals surface area contributed by atoms with Crippen molar-refractivity contribution in [3.63, 3.8) is 0 Å². The van der Waals surface area contributed by atoms with E-state index in [9.17, 15) is 5.11 Å². The first kappa shape index (κ1) is 12.5. The van der Waals surface area contributed by atoms with Crippen LogP contribution in [0.1, 0.15) is 9.30 Å². The summed E-state index contributed by atoms with van der Waals surface area (Å²) in [5.41, 5.74) is 9.78. The first-order chi connectivity index (χ1) is 8.08. The van der Waals surface area contributed by atoms with Gasteiger partial charge in [0.1, 0.15) is 5.75 Å². The van der Waals surface area contributed by atoms with Crippen molar-refractivity contribution in [2.45, 2.75) is 3.74 Å². The molecule has 2 rings (SSSR count). The van der Waals surface area contributed by atoms with Gasteiger partial charge in [0.2, 0.25) is 0 Å². The number of benzene rings is 2. The average Bonchev–Trinajstić information content (AvgIpc) is 2.30. The Morgan fingerprint density at radius 1 is 1.00 bits per heavy atom. The van der Waals surface area contributed by atoms with Crippen molar-refractivity contribution in [2.24, 2.45) is 0 Å². The van der Waals surface area contributed by atoms with E-state index < -0.39 is 0 Å². The number of halogens is 2. The van der Waals surface area contributed by atoms with Gasteiger partial charge >= 0.3 is 0 Å². The molecule has 0 bridgehead atoms. The highest BCUT2D eigenvalue weighted by molar-refractivity contribution is 9.24. The molecule has 0 aliphatic carbocycles. The molecule has 0 spiro atoms. The minimum absolute atomic E-state index is 0.103. The number of aromatic hydroxyl groups is 1. The summed E-state index contributed by atoms with van der Waals surface area (Å²) in [6.45, 7) is 0. The van der Waals surface area contributed by atoms with Gasteiger partial charge in [0.15, 0.2) is 0 Å². The fraction of sp³-hybridized carbons (Fsp3) is 0.0769. The van der Waals surface area contributed by atoms with Crippen molar-refractivity contribution < 1.29 is 5.11 Å². The van der Waals surface area contributed by atoms with Crippen molar-refractivity contribution in [3.05, 3.63) is 48.0 Å². The second-order valence-corrected chi connectivity index (χ2v) is 6.75. The van der Waals surface area contributed by atoms with Crippen LogP contribution in [0.3, 0.4) is 0 Å². The molecule has 88 valence electrons. The molecule has 0 amide bonds. The summed E-state index contributed by atoms with van der Waals surface area (Å²) in [5, 5.41) is 9.25. The van der Waals surface area contributed by atoms with Gasteiger partial charge in [0.25, 0.3) is 0 Å². The number of phenols is 1. The van der Waals surface area contributed by atoms with Gasteiger partial charge in [0.05, 0.1) is 3.74 Å². The molecule has 3 N–H and O–H groups in total. The van der Waals surface area contributed by atoms with Crippen LogP contribution in [0.4, 0.5) is 5.69 Å². The Bertz CT molecular complexity index is 523. The molecule has 0 saturated carbocycles. The van der Waals surface area contributed by atoms with Crippen molar-refractivity contribution in [2.75, 3.05) is 5.73 Å². The monoisotopic (exact) mass is 355 g/mol. The minimum atomic E-state index is 0.103. The molecule has 0 saturated heterocycles. The number of nitrogens with two attached hydrogens (primary N) is 1. The first-order valence-electron chi connectivity index (χ1n) is 5.05. The molecule has 0 aliphatic rings. The Balaban J connectivity index is 2.43. The van der Waals surface area contributed by atoms with E-state index in [1.165, 1.54) is 0 Å². The lowest BCUT2D eigenvalue weighted by Gasteiger charge is -2.09. The number of nitrogen functional groups attached to an aromatic ring is 1. The zero-order valence-corrected chi connectivity index (χ0v) is 12.1. The van der Waals surface area contributed by atoms with E-state index in [1.807, 2.05) is 30.3 Å². The highest BCUT2D eigenvalue weighted by atomic mass is 79.9. The van der Waals surface area contributed by atoms with Gasteiger partial charge in [-0.1, -0.05) is 56.1 Å². The Kier molecular flexibility index (Phi) is 3.74. The maximum atomic E-state index is 9.25. The van der Waals surface area contributed by atoms with E-state index >= 15 is 0 Å². The molecule has 2 nitrogen and oxygen atoms in total. The van der Waals surface area contributed by atoms with Gasteiger partial charge in [-0.3, -0.25) is 0 Å². The third-order valence-corrected chi connectivity index (χ3v) is 3.56. The number of rotatable bonds is 2. The molecule has 0 atom stereocenters. The van der Waals surface area contributed by atoms with Gasteiger partial charge in [-0.25, -0.2) is 0 Å². The minimum Gasteiger partial charge on any atom is -0.508 e. The predicted octanol–water partition coefficient (Wildman–Crippen LogP) is 4.43. The molecule has 0 heterocycles. The summed E-state index contributed by atoms with van der Waals surface area (Å²) in [5.74, 6) is 0.255. The van der Waals surface area contributed by atoms with E-state index in [-0.39, 0.29) is 9.49 Å². The van der Waals surface area contributed by atoms with Gasteiger partial charge in [-0.2, -0.15) is 0 Å². The van der Waals surface area contributed by atoms with Crippen molar-refractivity contribution >= 4 is 37.5 Å². The molecule has 2 aromatic carbocycles. The van der Waals surface area contributed by atoms with E-state index in [0.29, 0.717) is 0 Å². The molecule has 0 aliphatic heterocycles. The second kappa shape index (κ2) is 5.10. The molecule has 0 radical (unpaired) electrons. The fourth-order valence-corrected chi connectivity index (χ4v) is 2.19. The van der Waals surface area contributed by atoms with Crippen LogP contribution in [-0.4, -0.2) is 5.11 Å². The molecule has 0 aromatic heterocycles. The SMILES string of the molecule is Nc1cc(C(Br)Br)ccc1-c1ccc(O)cc1. The third-order valence-electron chi connectivity index (χ3n) is 2.51. The van der Waals surface area contributed by atoms with Crippen LogP contribution in [0.5, 0.6) is 5.75 Å². The van der Waals surface area contributed by atoms with Gasteiger partial charge < -0.3 is 10.8 Å². The van der Waals surface area contributed by atoms with E-state index in [0.717, 1.165) is 22.4 Å². The number of hydrogen-bond acceptors (Lipinski definition) is 2. The molecule has 4 heteroatoms. The van der Waals surface area contributed by atoms with Gasteiger partial charge in [-0.05, 0) is 29.3 Å². The summed E-state index contributed by atoms with van der Waals surface area (Å²) in [4.78, 5) is 0. The predicted molar refractivity (Wildman–Crippen MR) is 78.6 cm³/mol. The standard InChI is InChI=1S/C13H11Br2NO/c14-13(15)9-3-6-11(12(16)7-9)8-1-4-10(17)5-2-8/h1-7,13,17H,16H2. The van der Waals surface area contributed by atoms with Crippen LogP contribution >= 0.6 is 31.9 Å². The summed E-state index contributed by atoms with van der Waals surface area (Å²) >= 11 is 6.87. The quantitative estimate of drug-likeness (QED) is 0.617. The average molecular weight is 357 g/mol. The van der Waals surface area contributed by atoms with Crippen LogP contribution in [0.25, 0.3) is 11.1 Å². The smallest absolute Gasteiger partial charge is 0.115 e. The molecule has 0 unspecified atom stereocenters. The zero-order valence-electron chi connectivity index (χ0n) is 8.90. The molecule has 0 fully saturated rings. The van der Waals surface area contributed by atoms with Crippen LogP contribution in [0.2, 0.25) is 0 Å². The summed E-state index contributed by atoms with van der Waals surface area (Å²) in [6, 6.07) is 12.9. The van der Waals surface area contributed by atoms with Crippen LogP contribution in [-0.2, 0) is 0 Å². The summed E-state index contributed by atoms with van der Waals surface area (Å²) in [7, 11) is 0. The molecule has 2 aromatic rings. The molecular formula is C13H11Br2NO. The maximum absolute atomic E-state index is 9.25. The highest BCUT2D eigenvalue weighted by Crippen LogP contribution is 2.34. The van der Waals surface area contributed by atoms with Crippen LogP contribution < -0.4 is 5.73 Å². The number of hydrogen-bond donors (Lipinski definition) is 2. The van der Waals surface area contributed by atoms with Crippen LogP contribution in [0.15, 0.2) is 42.5 Å². The van der Waals surface area contributed by atoms with E-state index in [1.54, 1.807) is 12.1 Å². The molecule has 17 heavy (non-hydrogen) atoms. The van der Waals surface area contributed by atoms with Crippen LogP contribution in [0, 0.1) is 0 Å². The molecular weight excluding hydrogens is 346 g/mol. The Hall–Kier alpha value is -1.00. The van der Waals surface area contributed by atoms with Crippen molar-refractivity contribution in [3.8, 4) is 16.9 Å². The van der Waals surface area contributed by atoms with Gasteiger partial charge in [0, 0.05) is 11.3 Å². The van der Waals surface area contributed by atoms with E-state index in [2.05, 4.69) is 31.9 Å². The lowest BCUT2D eigenvalue weighted by atomic mass is 10.0. The van der Waals surface area contributed by atoms with Crippen molar-refractivity contribution in [1.82, 2.24) is 0 Å². The number of phenolic OH excluding ortho intramolecular Hbond substituents is 1. The fourth-order valence-electron chi connectivity index (χ4n) is 1.62. The third kappa shape index (κ3) is 2.82. The first-order valence-corrected chi connectivity index (χ1v) is 6.88. The lowest BCUT2D eigenvalue weighted by molar-refractivity contribution is 0.475. The zero-order chi connectivity index (χ0) is 12.4. The number of anilines is 1. The van der Waals surface area contributed by atoms with Gasteiger partial charge in [-0.15, -0.1) is 0 Å². The number of alkyl halides is 2. The largest absolute Gasteiger partial charge is 0.508 e. The Morgan fingerprint density at radius 2 is 1.65 bits per heavy atom. The topological polar surface area (TPSA) is 46.2 Å². The Morgan fingerprint density at radius 3 is 2.18 bits per heavy atom. The normalized spacial score (nSPS) is 10.8. The van der Waals surface area contributed by atoms with Crippen molar-refractivity contribution in [1.29, 1.82) is 0 Å². The second-order valence-electron chi connectivity index (χ2n) is 3.69. The Labute approximate surface area is 117 Å². The summed E-state index contributed by atoms with van der Waals surface area (Å²) < 4.78 is 0.103. The maximum Gasteiger partial charge on any atom is 0.115 e.